The zero-order chi connectivity index (χ0) is 20.3. The molecule has 6 nitrogen and oxygen atoms in total. The third kappa shape index (κ3) is 2.89. The summed E-state index contributed by atoms with van der Waals surface area (Å²) in [7, 11) is 0. The molecule has 0 N–H and O–H groups in total. The van der Waals surface area contributed by atoms with Crippen molar-refractivity contribution in [2.45, 2.75) is 44.1 Å². The summed E-state index contributed by atoms with van der Waals surface area (Å²) in [6.45, 7) is 9.45. The highest BCUT2D eigenvalue weighted by Gasteiger charge is 2.39. The Morgan fingerprint density at radius 2 is 1.97 bits per heavy atom. The first kappa shape index (κ1) is 18.7. The number of carbonyl (C=O) groups excluding carboxylic acids is 2. The number of pyridine rings is 1. The number of fused-ring (bicyclic) bond motifs is 5. The van der Waals surface area contributed by atoms with Crippen molar-refractivity contribution in [2.75, 3.05) is 31.1 Å². The van der Waals surface area contributed by atoms with E-state index in [-0.39, 0.29) is 16.6 Å². The largest absolute Gasteiger partial charge is 0.353 e. The van der Waals surface area contributed by atoms with Gasteiger partial charge >= 0.3 is 0 Å². The van der Waals surface area contributed by atoms with Crippen molar-refractivity contribution in [1.29, 1.82) is 0 Å². The van der Waals surface area contributed by atoms with Gasteiger partial charge in [0, 0.05) is 54.9 Å². The minimum atomic E-state index is 0.0522. The fraction of sp³-hybridized carbons (Fsp3) is 0.500. The van der Waals surface area contributed by atoms with E-state index in [1.807, 2.05) is 41.9 Å². The average molecular weight is 411 g/mol. The average Bonchev–Trinajstić information content (AvgIpc) is 3.29. The fourth-order valence-corrected chi connectivity index (χ4v) is 5.77. The smallest absolute Gasteiger partial charge is 0.264 e. The van der Waals surface area contributed by atoms with Crippen LogP contribution >= 0.6 is 11.8 Å². The lowest BCUT2D eigenvalue weighted by atomic mass is 9.91. The molecule has 3 aliphatic heterocycles. The lowest BCUT2D eigenvalue weighted by Gasteiger charge is -2.39. The molecule has 2 aromatic rings. The molecule has 0 atom stereocenters. The highest BCUT2D eigenvalue weighted by atomic mass is 32.2. The maximum Gasteiger partial charge on any atom is 0.264 e. The Kier molecular flexibility index (Phi) is 4.28. The summed E-state index contributed by atoms with van der Waals surface area (Å²) in [6.07, 6.45) is 3.26. The van der Waals surface area contributed by atoms with E-state index < -0.39 is 0 Å². The molecule has 0 aromatic carbocycles. The Labute approximate surface area is 175 Å². The van der Waals surface area contributed by atoms with E-state index in [2.05, 4.69) is 18.7 Å². The third-order valence-electron chi connectivity index (χ3n) is 6.26. The van der Waals surface area contributed by atoms with Crippen LogP contribution < -0.4 is 4.90 Å². The lowest BCUT2D eigenvalue weighted by Crippen LogP contribution is -2.49. The van der Waals surface area contributed by atoms with Crippen LogP contribution in [0.15, 0.2) is 18.3 Å². The minimum Gasteiger partial charge on any atom is -0.353 e. The molecule has 1 saturated heterocycles. The molecule has 5 rings (SSSR count). The zero-order valence-electron chi connectivity index (χ0n) is 17.2. The second-order valence-electron chi connectivity index (χ2n) is 8.63. The molecule has 0 unspecified atom stereocenters. The standard InChI is InChI=1S/C22H26N4O2S/c1-4-17(27)24-8-10-25(11-9-24)20-15-13-29-22(2,3)12-14(15)18-19(23-20)16-6-5-7-26(16)21(18)28/h5-7H,4,8-13H2,1-3H3. The van der Waals surface area contributed by atoms with Crippen molar-refractivity contribution in [1.82, 2.24) is 14.5 Å². The number of nitrogens with zero attached hydrogens (tertiary/aromatic N) is 4. The van der Waals surface area contributed by atoms with Crippen molar-refractivity contribution < 1.29 is 9.59 Å². The number of anilines is 1. The van der Waals surface area contributed by atoms with Crippen LogP contribution in [0.2, 0.25) is 0 Å². The molecule has 5 heterocycles. The van der Waals surface area contributed by atoms with Crippen molar-refractivity contribution in [2.24, 2.45) is 0 Å². The van der Waals surface area contributed by atoms with Gasteiger partial charge in [0.25, 0.3) is 5.91 Å². The molecule has 152 valence electrons. The summed E-state index contributed by atoms with van der Waals surface area (Å²) in [5.74, 6) is 2.15. The summed E-state index contributed by atoms with van der Waals surface area (Å²) in [5, 5.41) is 0. The predicted molar refractivity (Wildman–Crippen MR) is 116 cm³/mol. The van der Waals surface area contributed by atoms with Crippen LogP contribution in [0.25, 0.3) is 11.4 Å². The number of aromatic nitrogens is 2. The predicted octanol–water partition coefficient (Wildman–Crippen LogP) is 3.18. The molecule has 2 aromatic heterocycles. The molecule has 0 spiro atoms. The van der Waals surface area contributed by atoms with Gasteiger partial charge in [-0.15, -0.1) is 0 Å². The fourth-order valence-electron chi connectivity index (χ4n) is 4.69. The Hall–Kier alpha value is -2.28. The van der Waals surface area contributed by atoms with E-state index in [0.717, 1.165) is 61.1 Å². The maximum absolute atomic E-state index is 13.1. The van der Waals surface area contributed by atoms with E-state index in [1.165, 1.54) is 11.1 Å². The summed E-state index contributed by atoms with van der Waals surface area (Å²) in [5.41, 5.74) is 4.90. The topological polar surface area (TPSA) is 58.4 Å². The molecule has 7 heteroatoms. The van der Waals surface area contributed by atoms with E-state index in [9.17, 15) is 9.59 Å². The monoisotopic (exact) mass is 410 g/mol. The Morgan fingerprint density at radius 3 is 2.69 bits per heavy atom. The van der Waals surface area contributed by atoms with Gasteiger partial charge in [0.1, 0.15) is 11.5 Å². The van der Waals surface area contributed by atoms with Crippen LogP contribution in [0.3, 0.4) is 0 Å². The molecule has 1 amide bonds. The summed E-state index contributed by atoms with van der Waals surface area (Å²) >= 11 is 1.93. The number of carbonyl (C=O) groups is 2. The summed E-state index contributed by atoms with van der Waals surface area (Å²) in [4.78, 5) is 34.5. The highest BCUT2D eigenvalue weighted by Crippen LogP contribution is 2.46. The van der Waals surface area contributed by atoms with Crippen LogP contribution in [0.5, 0.6) is 0 Å². The van der Waals surface area contributed by atoms with Crippen molar-refractivity contribution >= 4 is 29.4 Å². The zero-order valence-corrected chi connectivity index (χ0v) is 18.0. The quantitative estimate of drug-likeness (QED) is 0.649. The second kappa shape index (κ2) is 6.62. The number of hydrogen-bond donors (Lipinski definition) is 0. The van der Waals surface area contributed by atoms with Gasteiger partial charge in [-0.05, 0) is 24.1 Å². The first-order valence-corrected chi connectivity index (χ1v) is 11.3. The van der Waals surface area contributed by atoms with Gasteiger partial charge in [0.15, 0.2) is 0 Å². The number of rotatable bonds is 2. The highest BCUT2D eigenvalue weighted by molar-refractivity contribution is 7.99. The normalized spacial score (nSPS) is 19.8. The molecule has 29 heavy (non-hydrogen) atoms. The minimum absolute atomic E-state index is 0.0522. The summed E-state index contributed by atoms with van der Waals surface area (Å²) in [6, 6.07) is 3.89. The van der Waals surface area contributed by atoms with Gasteiger partial charge in [-0.3, -0.25) is 14.2 Å². The maximum atomic E-state index is 13.1. The van der Waals surface area contributed by atoms with Gasteiger partial charge in [0.2, 0.25) is 5.91 Å². The van der Waals surface area contributed by atoms with Crippen LogP contribution in [0.4, 0.5) is 5.82 Å². The van der Waals surface area contributed by atoms with E-state index in [0.29, 0.717) is 6.42 Å². The number of hydrogen-bond acceptors (Lipinski definition) is 5. The molecule has 1 fully saturated rings. The van der Waals surface area contributed by atoms with Crippen LogP contribution in [0, 0.1) is 0 Å². The van der Waals surface area contributed by atoms with Crippen molar-refractivity contribution in [3.8, 4) is 11.4 Å². The number of amides is 1. The molecule has 0 saturated carbocycles. The van der Waals surface area contributed by atoms with Gasteiger partial charge in [-0.1, -0.05) is 20.8 Å². The molecule has 3 aliphatic rings. The Morgan fingerprint density at radius 1 is 1.21 bits per heavy atom. The first-order valence-electron chi connectivity index (χ1n) is 10.3. The van der Waals surface area contributed by atoms with E-state index >= 15 is 0 Å². The SMILES string of the molecule is CCC(=O)N1CCN(c2nc3c(c4c2CSC(C)(C)C4)C(=O)n2cccc2-3)CC1. The van der Waals surface area contributed by atoms with Gasteiger partial charge < -0.3 is 9.80 Å². The van der Waals surface area contributed by atoms with Crippen LogP contribution in [-0.4, -0.2) is 57.2 Å². The van der Waals surface area contributed by atoms with Crippen LogP contribution in [-0.2, 0) is 17.0 Å². The van der Waals surface area contributed by atoms with Crippen molar-refractivity contribution in [3.63, 3.8) is 0 Å². The molecular formula is C22H26N4O2S. The number of piperazine rings is 1. The third-order valence-corrected chi connectivity index (χ3v) is 7.62. The van der Waals surface area contributed by atoms with Gasteiger partial charge in [0.05, 0.1) is 11.3 Å². The molecule has 0 aliphatic carbocycles. The van der Waals surface area contributed by atoms with Crippen molar-refractivity contribution in [3.05, 3.63) is 35.0 Å². The molecule has 0 bridgehead atoms. The van der Waals surface area contributed by atoms with Gasteiger partial charge in [-0.2, -0.15) is 11.8 Å². The van der Waals surface area contributed by atoms with Gasteiger partial charge in [-0.25, -0.2) is 4.98 Å². The Bertz CT molecular complexity index is 1020. The first-order chi connectivity index (χ1) is 13.9. The van der Waals surface area contributed by atoms with E-state index in [4.69, 9.17) is 4.98 Å². The van der Waals surface area contributed by atoms with Crippen LogP contribution in [0.1, 0.15) is 48.7 Å². The molecular weight excluding hydrogens is 384 g/mol. The molecule has 0 radical (unpaired) electrons. The second-order valence-corrected chi connectivity index (χ2v) is 10.3. The summed E-state index contributed by atoms with van der Waals surface area (Å²) < 4.78 is 1.83. The number of thioether (sulfide) groups is 1. The van der Waals surface area contributed by atoms with E-state index in [1.54, 1.807) is 4.57 Å². The lowest BCUT2D eigenvalue weighted by molar-refractivity contribution is -0.131. The Balaban J connectivity index is 1.59.